The average molecular weight is 412 g/mol. The van der Waals surface area contributed by atoms with E-state index in [1.54, 1.807) is 0 Å². The van der Waals surface area contributed by atoms with Gasteiger partial charge in [-0.25, -0.2) is 4.39 Å². The van der Waals surface area contributed by atoms with Gasteiger partial charge in [0.1, 0.15) is 6.17 Å². The molecule has 0 bridgehead atoms. The van der Waals surface area contributed by atoms with Crippen molar-refractivity contribution in [3.05, 3.63) is 58.9 Å². The molecular formula is C23H30FN5O. The van der Waals surface area contributed by atoms with Gasteiger partial charge in [0, 0.05) is 31.4 Å². The Morgan fingerprint density at radius 1 is 1.23 bits per heavy atom. The predicted octanol–water partition coefficient (Wildman–Crippen LogP) is 2.48. The highest BCUT2D eigenvalue weighted by Gasteiger charge is 2.25. The van der Waals surface area contributed by atoms with Crippen LogP contribution in [-0.2, 0) is 13.0 Å². The fourth-order valence-electron chi connectivity index (χ4n) is 4.26. The van der Waals surface area contributed by atoms with E-state index in [1.165, 1.54) is 37.7 Å². The van der Waals surface area contributed by atoms with Crippen LogP contribution in [0.3, 0.4) is 0 Å². The van der Waals surface area contributed by atoms with Gasteiger partial charge in [-0.15, -0.1) is 0 Å². The van der Waals surface area contributed by atoms with Gasteiger partial charge in [0.05, 0.1) is 17.3 Å². The average Bonchev–Trinajstić information content (AvgIpc) is 3.24. The van der Waals surface area contributed by atoms with E-state index in [2.05, 4.69) is 44.8 Å². The highest BCUT2D eigenvalue weighted by atomic mass is 19.1. The van der Waals surface area contributed by atoms with Crippen molar-refractivity contribution in [1.82, 2.24) is 15.2 Å². The monoisotopic (exact) mass is 411 g/mol. The molecule has 6 nitrogen and oxygen atoms in total. The molecule has 7 heteroatoms. The van der Waals surface area contributed by atoms with Crippen molar-refractivity contribution in [2.75, 3.05) is 31.5 Å². The number of likely N-dealkylation sites (tertiary alicyclic amines) is 1. The second-order valence-corrected chi connectivity index (χ2v) is 8.32. The molecular weight excluding hydrogens is 381 g/mol. The van der Waals surface area contributed by atoms with Crippen LogP contribution in [-0.4, -0.2) is 54.2 Å². The Labute approximate surface area is 177 Å². The number of piperidine rings is 1. The number of hydrogen-bond acceptors (Lipinski definition) is 5. The summed E-state index contributed by atoms with van der Waals surface area (Å²) in [4.78, 5) is 18.7. The van der Waals surface area contributed by atoms with Crippen LogP contribution >= 0.6 is 0 Å². The van der Waals surface area contributed by atoms with Crippen molar-refractivity contribution in [1.29, 1.82) is 0 Å². The lowest BCUT2D eigenvalue weighted by Gasteiger charge is -2.29. The Kier molecular flexibility index (Phi) is 6.59. The molecule has 2 saturated heterocycles. The molecule has 2 fully saturated rings. The van der Waals surface area contributed by atoms with Gasteiger partial charge in [0.15, 0.2) is 0 Å². The number of alkyl halides is 1. The van der Waals surface area contributed by atoms with Crippen LogP contribution in [0.5, 0.6) is 0 Å². The Balaban J connectivity index is 1.46. The molecule has 0 spiro atoms. The van der Waals surface area contributed by atoms with Gasteiger partial charge in [0.25, 0.3) is 5.91 Å². The second-order valence-electron chi connectivity index (χ2n) is 8.32. The number of nitrogens with one attached hydrogen (secondary N) is 2. The number of nitrogens with two attached hydrogens (primary N) is 1. The Morgan fingerprint density at radius 3 is 2.67 bits per heavy atom. The van der Waals surface area contributed by atoms with Crippen molar-refractivity contribution in [3.63, 3.8) is 0 Å². The largest absolute Gasteiger partial charge is 0.379 e. The summed E-state index contributed by atoms with van der Waals surface area (Å²) in [6.07, 6.45) is 4.36. The number of hydrogen-bond donors (Lipinski definition) is 3. The van der Waals surface area contributed by atoms with Gasteiger partial charge in [-0.1, -0.05) is 24.3 Å². The maximum atomic E-state index is 14.2. The first-order valence-electron chi connectivity index (χ1n) is 10.8. The zero-order chi connectivity index (χ0) is 20.9. The number of amides is 1. The molecule has 1 aromatic heterocycles. The molecule has 4 N–H and O–H groups in total. The summed E-state index contributed by atoms with van der Waals surface area (Å²) >= 11 is 0. The predicted molar refractivity (Wildman–Crippen MR) is 116 cm³/mol. The van der Waals surface area contributed by atoms with Gasteiger partial charge in [-0.2, -0.15) is 0 Å². The van der Waals surface area contributed by atoms with Crippen molar-refractivity contribution in [2.45, 2.75) is 44.4 Å². The van der Waals surface area contributed by atoms with E-state index in [4.69, 9.17) is 5.73 Å². The summed E-state index contributed by atoms with van der Waals surface area (Å²) < 4.78 is 14.2. The Morgan fingerprint density at radius 2 is 1.97 bits per heavy atom. The first-order chi connectivity index (χ1) is 14.6. The molecule has 3 heterocycles. The first kappa shape index (κ1) is 20.8. The Hall–Kier alpha value is -2.51. The standard InChI is InChI=1S/C23H30FN5O/c24-20-14-26-8-7-21(20)28-22-12-18(27-13-19(22)23(25)30)11-16-3-5-17(6-4-16)15-29-9-1-2-10-29/h3-6,12-13,20-21,26H,1-2,7-11,14-15H2,(H2,25,30)(H,27,28)/t20-,21+/m0/s1. The Bertz CT molecular complexity index is 866. The molecule has 30 heavy (non-hydrogen) atoms. The fraction of sp³-hybridized carbons (Fsp3) is 0.478. The smallest absolute Gasteiger partial charge is 0.252 e. The number of carbonyl (C=O) groups excluding carboxylic acids is 1. The molecule has 1 aromatic carbocycles. The van der Waals surface area contributed by atoms with E-state index < -0.39 is 12.1 Å². The van der Waals surface area contributed by atoms with Crippen LogP contribution in [0.1, 0.15) is 46.4 Å². The third-order valence-electron chi connectivity index (χ3n) is 5.99. The number of rotatable bonds is 7. The van der Waals surface area contributed by atoms with Crippen molar-refractivity contribution >= 4 is 11.6 Å². The number of benzene rings is 1. The molecule has 2 atom stereocenters. The number of halogens is 1. The van der Waals surface area contributed by atoms with E-state index in [1.807, 2.05) is 6.07 Å². The first-order valence-corrected chi connectivity index (χ1v) is 10.8. The summed E-state index contributed by atoms with van der Waals surface area (Å²) in [5.74, 6) is -0.563. The zero-order valence-electron chi connectivity index (χ0n) is 17.2. The lowest BCUT2D eigenvalue weighted by molar-refractivity contribution is 0.100. The van der Waals surface area contributed by atoms with Crippen molar-refractivity contribution in [2.24, 2.45) is 5.73 Å². The topological polar surface area (TPSA) is 83.3 Å². The second kappa shape index (κ2) is 9.53. The normalized spacial score (nSPS) is 22.2. The number of anilines is 1. The summed E-state index contributed by atoms with van der Waals surface area (Å²) in [5.41, 5.74) is 9.66. The minimum Gasteiger partial charge on any atom is -0.379 e. The van der Waals surface area contributed by atoms with E-state index in [0.717, 1.165) is 24.3 Å². The highest BCUT2D eigenvalue weighted by molar-refractivity contribution is 5.98. The van der Waals surface area contributed by atoms with E-state index in [0.29, 0.717) is 30.6 Å². The molecule has 2 aromatic rings. The van der Waals surface area contributed by atoms with Gasteiger partial charge < -0.3 is 16.4 Å². The van der Waals surface area contributed by atoms with Gasteiger partial charge in [-0.3, -0.25) is 14.7 Å². The molecule has 4 rings (SSSR count). The van der Waals surface area contributed by atoms with Crippen LogP contribution < -0.4 is 16.4 Å². The van der Waals surface area contributed by atoms with E-state index in [9.17, 15) is 9.18 Å². The maximum Gasteiger partial charge on any atom is 0.252 e. The minimum absolute atomic E-state index is 0.297. The molecule has 0 saturated carbocycles. The third-order valence-corrected chi connectivity index (χ3v) is 5.99. The number of primary amides is 1. The fourth-order valence-corrected chi connectivity index (χ4v) is 4.26. The molecule has 0 unspecified atom stereocenters. The van der Waals surface area contributed by atoms with Crippen molar-refractivity contribution in [3.8, 4) is 0 Å². The lowest BCUT2D eigenvalue weighted by Crippen LogP contribution is -2.45. The molecule has 0 radical (unpaired) electrons. The number of pyridine rings is 1. The summed E-state index contributed by atoms with van der Waals surface area (Å²) in [6.45, 7) is 4.42. The number of carbonyl (C=O) groups is 1. The van der Waals surface area contributed by atoms with Crippen LogP contribution in [0.25, 0.3) is 0 Å². The molecule has 160 valence electrons. The van der Waals surface area contributed by atoms with Crippen molar-refractivity contribution < 1.29 is 9.18 Å². The SMILES string of the molecule is NC(=O)c1cnc(Cc2ccc(CN3CCCC3)cc2)cc1N[C@@H]1CCNC[C@@H]1F. The molecule has 2 aliphatic rings. The summed E-state index contributed by atoms with van der Waals surface area (Å²) in [5, 5.41) is 6.23. The number of nitrogens with zero attached hydrogens (tertiary/aromatic N) is 2. The molecule has 2 aliphatic heterocycles. The number of aromatic nitrogens is 1. The summed E-state index contributed by atoms with van der Waals surface area (Å²) in [6, 6.07) is 10.1. The van der Waals surface area contributed by atoms with E-state index >= 15 is 0 Å². The van der Waals surface area contributed by atoms with Gasteiger partial charge >= 0.3 is 0 Å². The van der Waals surface area contributed by atoms with Crippen LogP contribution in [0.15, 0.2) is 36.5 Å². The third kappa shape index (κ3) is 5.15. The van der Waals surface area contributed by atoms with Gasteiger partial charge in [0.2, 0.25) is 0 Å². The van der Waals surface area contributed by atoms with Crippen LogP contribution in [0, 0.1) is 0 Å². The molecule has 1 amide bonds. The quantitative estimate of drug-likeness (QED) is 0.652. The van der Waals surface area contributed by atoms with Crippen LogP contribution in [0.2, 0.25) is 0 Å². The lowest BCUT2D eigenvalue weighted by atomic mass is 10.0. The van der Waals surface area contributed by atoms with Gasteiger partial charge in [-0.05, 0) is 56.1 Å². The zero-order valence-corrected chi connectivity index (χ0v) is 17.2. The summed E-state index contributed by atoms with van der Waals surface area (Å²) in [7, 11) is 0. The highest BCUT2D eigenvalue weighted by Crippen LogP contribution is 2.22. The minimum atomic E-state index is -1.01. The van der Waals surface area contributed by atoms with Crippen LogP contribution in [0.4, 0.5) is 10.1 Å². The van der Waals surface area contributed by atoms with E-state index in [-0.39, 0.29) is 6.04 Å². The molecule has 0 aliphatic carbocycles. The maximum absolute atomic E-state index is 14.2.